The number of nitrogens with zero attached hydrogens (tertiary/aromatic N) is 2. The Morgan fingerprint density at radius 1 is 1.11 bits per heavy atom. The van der Waals surface area contributed by atoms with Gasteiger partial charge in [0.15, 0.2) is 5.17 Å². The average molecular weight is 394 g/mol. The zero-order valence-corrected chi connectivity index (χ0v) is 17.0. The first-order valence-electron chi connectivity index (χ1n) is 9.15. The molecule has 0 unspecified atom stereocenters. The number of aliphatic imine (C=N–C) groups is 1. The van der Waals surface area contributed by atoms with Crippen molar-refractivity contribution in [1.82, 2.24) is 4.90 Å². The molecule has 3 rings (SSSR count). The third-order valence-corrected chi connectivity index (χ3v) is 5.19. The lowest BCUT2D eigenvalue weighted by atomic mass is 10.1. The van der Waals surface area contributed by atoms with Gasteiger partial charge in [0.05, 0.1) is 22.8 Å². The Balaban J connectivity index is 1.83. The molecule has 1 aliphatic rings. The van der Waals surface area contributed by atoms with E-state index in [-0.39, 0.29) is 11.9 Å². The lowest BCUT2D eigenvalue weighted by molar-refractivity contribution is -0.122. The maximum Gasteiger partial charge on any atom is 0.338 e. The summed E-state index contributed by atoms with van der Waals surface area (Å²) in [5.74, 6) is -0.412. The third-order valence-electron chi connectivity index (χ3n) is 4.18. The summed E-state index contributed by atoms with van der Waals surface area (Å²) in [5.41, 5.74) is 3.32. The molecule has 0 aromatic heterocycles. The first-order valence-corrected chi connectivity index (χ1v) is 9.97. The average Bonchev–Trinajstić information content (AvgIpc) is 2.98. The van der Waals surface area contributed by atoms with Crippen molar-refractivity contribution in [3.05, 3.63) is 70.1 Å². The SMILES string of the molecule is CCOC(=O)c1ccc(/C=C2/SC(=Nc3ccc(C)cc3)N(CC)C2=O)cc1. The van der Waals surface area contributed by atoms with E-state index in [4.69, 9.17) is 4.74 Å². The zero-order chi connectivity index (χ0) is 20.1. The smallest absolute Gasteiger partial charge is 0.338 e. The number of thioether (sulfide) groups is 1. The van der Waals surface area contributed by atoms with Crippen LogP contribution in [0.3, 0.4) is 0 Å². The molecule has 6 heteroatoms. The van der Waals surface area contributed by atoms with E-state index in [1.807, 2.05) is 44.2 Å². The highest BCUT2D eigenvalue weighted by molar-refractivity contribution is 8.18. The van der Waals surface area contributed by atoms with Crippen molar-refractivity contribution in [2.45, 2.75) is 20.8 Å². The van der Waals surface area contributed by atoms with E-state index in [0.29, 0.717) is 28.8 Å². The van der Waals surface area contributed by atoms with E-state index in [0.717, 1.165) is 11.3 Å². The fourth-order valence-corrected chi connectivity index (χ4v) is 3.74. The number of ether oxygens (including phenoxy) is 1. The topological polar surface area (TPSA) is 59.0 Å². The van der Waals surface area contributed by atoms with Crippen LogP contribution in [-0.4, -0.2) is 35.1 Å². The van der Waals surface area contributed by atoms with Crippen molar-refractivity contribution in [3.63, 3.8) is 0 Å². The Labute approximate surface area is 169 Å². The maximum atomic E-state index is 12.7. The summed E-state index contributed by atoms with van der Waals surface area (Å²) in [6.07, 6.45) is 1.82. The number of hydrogen-bond donors (Lipinski definition) is 0. The Kier molecular flexibility index (Phi) is 6.31. The number of carbonyl (C=O) groups is 2. The monoisotopic (exact) mass is 394 g/mol. The van der Waals surface area contributed by atoms with Crippen molar-refractivity contribution in [1.29, 1.82) is 0 Å². The quantitative estimate of drug-likeness (QED) is 0.540. The van der Waals surface area contributed by atoms with Gasteiger partial charge < -0.3 is 4.74 Å². The van der Waals surface area contributed by atoms with Crippen LogP contribution in [0.5, 0.6) is 0 Å². The van der Waals surface area contributed by atoms with E-state index in [1.54, 1.807) is 36.1 Å². The van der Waals surface area contributed by atoms with Crippen LogP contribution in [0.1, 0.15) is 35.3 Å². The van der Waals surface area contributed by atoms with Gasteiger partial charge in [-0.25, -0.2) is 9.79 Å². The molecule has 1 heterocycles. The Bertz CT molecular complexity index is 931. The van der Waals surface area contributed by atoms with E-state index in [2.05, 4.69) is 4.99 Å². The number of amides is 1. The van der Waals surface area contributed by atoms with E-state index < -0.39 is 0 Å². The van der Waals surface area contributed by atoms with Gasteiger partial charge in [-0.2, -0.15) is 0 Å². The molecule has 1 saturated heterocycles. The van der Waals surface area contributed by atoms with Crippen molar-refractivity contribution >= 4 is 40.6 Å². The molecule has 0 saturated carbocycles. The van der Waals surface area contributed by atoms with Crippen molar-refractivity contribution in [3.8, 4) is 0 Å². The van der Waals surface area contributed by atoms with Crippen LogP contribution in [0.2, 0.25) is 0 Å². The van der Waals surface area contributed by atoms with Crippen LogP contribution in [0.15, 0.2) is 58.4 Å². The molecule has 5 nitrogen and oxygen atoms in total. The van der Waals surface area contributed by atoms with Gasteiger partial charge in [0.2, 0.25) is 0 Å². The number of likely N-dealkylation sites (N-methyl/N-ethyl adjacent to an activating group) is 1. The van der Waals surface area contributed by atoms with Crippen LogP contribution >= 0.6 is 11.8 Å². The molecule has 0 N–H and O–H groups in total. The second-order valence-corrected chi connectivity index (χ2v) is 7.24. The molecule has 0 radical (unpaired) electrons. The van der Waals surface area contributed by atoms with Gasteiger partial charge in [0, 0.05) is 6.54 Å². The number of amidine groups is 1. The molecule has 0 atom stereocenters. The van der Waals surface area contributed by atoms with Gasteiger partial charge >= 0.3 is 5.97 Å². The summed E-state index contributed by atoms with van der Waals surface area (Å²) >= 11 is 1.36. The highest BCUT2D eigenvalue weighted by Crippen LogP contribution is 2.34. The molecule has 0 bridgehead atoms. The molecule has 0 spiro atoms. The van der Waals surface area contributed by atoms with Gasteiger partial charge in [-0.15, -0.1) is 0 Å². The van der Waals surface area contributed by atoms with Gasteiger partial charge in [0.1, 0.15) is 0 Å². The largest absolute Gasteiger partial charge is 0.462 e. The van der Waals surface area contributed by atoms with Crippen LogP contribution < -0.4 is 0 Å². The summed E-state index contributed by atoms with van der Waals surface area (Å²) in [7, 11) is 0. The van der Waals surface area contributed by atoms with Crippen LogP contribution in [0.25, 0.3) is 6.08 Å². The number of aryl methyl sites for hydroxylation is 1. The molecule has 1 fully saturated rings. The molecule has 1 amide bonds. The fourth-order valence-electron chi connectivity index (χ4n) is 2.68. The normalized spacial score (nSPS) is 16.8. The number of rotatable bonds is 5. The molecule has 2 aromatic carbocycles. The summed E-state index contributed by atoms with van der Waals surface area (Å²) < 4.78 is 4.99. The number of hydrogen-bond acceptors (Lipinski definition) is 5. The standard InChI is InChI=1S/C22H22N2O3S/c1-4-24-20(25)19(28-22(24)23-18-12-6-15(3)7-13-18)14-16-8-10-17(11-9-16)21(26)27-5-2/h6-14H,4-5H2,1-3H3/b19-14+,23-22?. The van der Waals surface area contributed by atoms with Crippen molar-refractivity contribution < 1.29 is 14.3 Å². The molecule has 2 aromatic rings. The second kappa shape index (κ2) is 8.89. The van der Waals surface area contributed by atoms with Crippen molar-refractivity contribution in [2.24, 2.45) is 4.99 Å². The summed E-state index contributed by atoms with van der Waals surface area (Å²) in [6, 6.07) is 14.9. The predicted octanol–water partition coefficient (Wildman–Crippen LogP) is 4.80. The second-order valence-electron chi connectivity index (χ2n) is 6.23. The Morgan fingerprint density at radius 2 is 1.79 bits per heavy atom. The predicted molar refractivity (Wildman–Crippen MR) is 114 cm³/mol. The van der Waals surface area contributed by atoms with E-state index in [1.165, 1.54) is 17.3 Å². The van der Waals surface area contributed by atoms with Crippen molar-refractivity contribution in [2.75, 3.05) is 13.2 Å². The summed E-state index contributed by atoms with van der Waals surface area (Å²) in [5, 5.41) is 0.672. The molecule has 1 aliphatic heterocycles. The van der Waals surface area contributed by atoms with E-state index >= 15 is 0 Å². The number of esters is 1. The molecule has 0 aliphatic carbocycles. The minimum atomic E-state index is -0.349. The molecular weight excluding hydrogens is 372 g/mol. The lowest BCUT2D eigenvalue weighted by Gasteiger charge is -2.12. The molecule has 144 valence electrons. The van der Waals surface area contributed by atoms with E-state index in [9.17, 15) is 9.59 Å². The molecule has 28 heavy (non-hydrogen) atoms. The minimum absolute atomic E-state index is 0.0622. The number of carbonyl (C=O) groups excluding carboxylic acids is 2. The van der Waals surface area contributed by atoms with Crippen LogP contribution in [0.4, 0.5) is 5.69 Å². The van der Waals surface area contributed by atoms with Gasteiger partial charge in [0.25, 0.3) is 5.91 Å². The zero-order valence-electron chi connectivity index (χ0n) is 16.1. The fraction of sp³-hybridized carbons (Fsp3) is 0.227. The molecular formula is C22H22N2O3S. The Morgan fingerprint density at radius 3 is 2.39 bits per heavy atom. The minimum Gasteiger partial charge on any atom is -0.462 e. The highest BCUT2D eigenvalue weighted by atomic mass is 32.2. The van der Waals surface area contributed by atoms with Crippen LogP contribution in [0, 0.1) is 6.92 Å². The van der Waals surface area contributed by atoms with Gasteiger partial charge in [-0.05, 0) is 68.4 Å². The first-order chi connectivity index (χ1) is 13.5. The summed E-state index contributed by atoms with van der Waals surface area (Å²) in [6.45, 7) is 6.62. The lowest BCUT2D eigenvalue weighted by Crippen LogP contribution is -2.28. The highest BCUT2D eigenvalue weighted by Gasteiger charge is 2.32. The third kappa shape index (κ3) is 4.51. The summed E-state index contributed by atoms with van der Waals surface area (Å²) in [4.78, 5) is 31.4. The van der Waals surface area contributed by atoms with Gasteiger partial charge in [-0.3, -0.25) is 9.69 Å². The Hall–Kier alpha value is -2.86. The van der Waals surface area contributed by atoms with Gasteiger partial charge in [-0.1, -0.05) is 29.8 Å². The maximum absolute atomic E-state index is 12.7. The first kappa shape index (κ1) is 19.9. The number of benzene rings is 2. The van der Waals surface area contributed by atoms with Crippen LogP contribution in [-0.2, 0) is 9.53 Å².